The SMILES string of the molecule is CC(=O)N1CC[NH+](C[C@H](O)COc2ccccc2)CC1. The molecule has 0 aliphatic carbocycles. The number of carbonyl (C=O) groups excluding carboxylic acids is 1. The van der Waals surface area contributed by atoms with Gasteiger partial charge < -0.3 is 19.6 Å². The lowest BCUT2D eigenvalue weighted by Gasteiger charge is -2.32. The third-order valence-corrected chi connectivity index (χ3v) is 3.63. The molecule has 2 rings (SSSR count). The van der Waals surface area contributed by atoms with Gasteiger partial charge >= 0.3 is 0 Å². The van der Waals surface area contributed by atoms with Gasteiger partial charge in [-0.3, -0.25) is 4.79 Å². The molecule has 1 aliphatic heterocycles. The summed E-state index contributed by atoms with van der Waals surface area (Å²) in [6.07, 6.45) is -0.478. The Balaban J connectivity index is 1.68. The second-order valence-corrected chi connectivity index (χ2v) is 5.24. The highest BCUT2D eigenvalue weighted by molar-refractivity contribution is 5.73. The minimum absolute atomic E-state index is 0.136. The van der Waals surface area contributed by atoms with Gasteiger partial charge in [0, 0.05) is 6.92 Å². The first-order chi connectivity index (χ1) is 9.65. The molecule has 0 saturated carbocycles. The third kappa shape index (κ3) is 4.51. The molecule has 2 N–H and O–H groups in total. The van der Waals surface area contributed by atoms with E-state index in [1.807, 2.05) is 35.2 Å². The number of hydrogen-bond acceptors (Lipinski definition) is 3. The summed E-state index contributed by atoms with van der Waals surface area (Å²) < 4.78 is 5.54. The zero-order valence-electron chi connectivity index (χ0n) is 11.9. The van der Waals surface area contributed by atoms with Gasteiger partial charge in [-0.15, -0.1) is 0 Å². The van der Waals surface area contributed by atoms with Crippen molar-refractivity contribution in [3.05, 3.63) is 30.3 Å². The van der Waals surface area contributed by atoms with Crippen LogP contribution in [-0.2, 0) is 4.79 Å². The molecule has 1 amide bonds. The lowest BCUT2D eigenvalue weighted by atomic mass is 10.2. The molecule has 0 bridgehead atoms. The smallest absolute Gasteiger partial charge is 0.219 e. The standard InChI is InChI=1S/C15H22N2O3/c1-13(18)17-9-7-16(8-10-17)11-14(19)12-20-15-5-3-2-4-6-15/h2-6,14,19H,7-12H2,1H3/p+1/t14-/m0/s1. The van der Waals surface area contributed by atoms with Gasteiger partial charge in [0.1, 0.15) is 25.0 Å². The lowest BCUT2D eigenvalue weighted by molar-refractivity contribution is -0.907. The molecule has 1 heterocycles. The highest BCUT2D eigenvalue weighted by Crippen LogP contribution is 2.08. The largest absolute Gasteiger partial charge is 0.491 e. The summed E-state index contributed by atoms with van der Waals surface area (Å²) in [6, 6.07) is 9.51. The maximum Gasteiger partial charge on any atom is 0.219 e. The van der Waals surface area contributed by atoms with E-state index in [2.05, 4.69) is 0 Å². The Hall–Kier alpha value is -1.59. The highest BCUT2D eigenvalue weighted by Gasteiger charge is 2.23. The van der Waals surface area contributed by atoms with Gasteiger partial charge in [0.25, 0.3) is 0 Å². The van der Waals surface area contributed by atoms with E-state index in [0.29, 0.717) is 13.2 Å². The van der Waals surface area contributed by atoms with Gasteiger partial charge in [0.2, 0.25) is 5.91 Å². The Morgan fingerprint density at radius 3 is 2.60 bits per heavy atom. The number of rotatable bonds is 5. The van der Waals surface area contributed by atoms with Crippen LogP contribution in [0.3, 0.4) is 0 Å². The van der Waals surface area contributed by atoms with Crippen LogP contribution in [0, 0.1) is 0 Å². The predicted octanol–water partition coefficient (Wildman–Crippen LogP) is -0.827. The molecule has 0 spiro atoms. The number of aliphatic hydroxyl groups is 1. The van der Waals surface area contributed by atoms with Crippen LogP contribution in [0.25, 0.3) is 0 Å². The molecule has 1 saturated heterocycles. The summed E-state index contributed by atoms with van der Waals surface area (Å²) in [6.45, 7) is 5.91. The average Bonchev–Trinajstić information content (AvgIpc) is 2.47. The van der Waals surface area contributed by atoms with Crippen LogP contribution in [0.4, 0.5) is 0 Å². The topological polar surface area (TPSA) is 54.2 Å². The fourth-order valence-electron chi connectivity index (χ4n) is 2.44. The number of amides is 1. The first-order valence-electron chi connectivity index (χ1n) is 7.10. The zero-order valence-corrected chi connectivity index (χ0v) is 11.9. The van der Waals surface area contributed by atoms with Crippen molar-refractivity contribution in [3.63, 3.8) is 0 Å². The number of quaternary nitrogens is 1. The molecule has 5 heteroatoms. The van der Waals surface area contributed by atoms with Gasteiger partial charge in [-0.05, 0) is 12.1 Å². The van der Waals surface area contributed by atoms with Crippen molar-refractivity contribution in [2.75, 3.05) is 39.3 Å². The lowest BCUT2D eigenvalue weighted by Crippen LogP contribution is -3.15. The predicted molar refractivity (Wildman–Crippen MR) is 75.8 cm³/mol. The van der Waals surface area contributed by atoms with Gasteiger partial charge in [0.15, 0.2) is 0 Å². The molecule has 1 aromatic carbocycles. The number of ether oxygens (including phenoxy) is 1. The Morgan fingerprint density at radius 1 is 1.35 bits per heavy atom. The minimum atomic E-state index is -0.478. The van der Waals surface area contributed by atoms with Crippen LogP contribution < -0.4 is 9.64 Å². The van der Waals surface area contributed by atoms with Crippen LogP contribution in [0.2, 0.25) is 0 Å². The van der Waals surface area contributed by atoms with E-state index >= 15 is 0 Å². The number of benzene rings is 1. The van der Waals surface area contributed by atoms with Gasteiger partial charge in [0.05, 0.1) is 26.2 Å². The van der Waals surface area contributed by atoms with E-state index in [1.165, 1.54) is 4.90 Å². The van der Waals surface area contributed by atoms with Crippen LogP contribution in [0.5, 0.6) is 5.75 Å². The fourth-order valence-corrected chi connectivity index (χ4v) is 2.44. The Kier molecular flexibility index (Phi) is 5.38. The second-order valence-electron chi connectivity index (χ2n) is 5.24. The van der Waals surface area contributed by atoms with Crippen molar-refractivity contribution in [2.45, 2.75) is 13.0 Å². The van der Waals surface area contributed by atoms with E-state index < -0.39 is 6.10 Å². The van der Waals surface area contributed by atoms with E-state index in [0.717, 1.165) is 31.9 Å². The molecule has 0 aromatic heterocycles. The monoisotopic (exact) mass is 279 g/mol. The number of piperazine rings is 1. The third-order valence-electron chi connectivity index (χ3n) is 3.63. The number of para-hydroxylation sites is 1. The van der Waals surface area contributed by atoms with E-state index in [4.69, 9.17) is 4.74 Å². The maximum absolute atomic E-state index is 11.2. The van der Waals surface area contributed by atoms with Gasteiger partial charge in [-0.2, -0.15) is 0 Å². The summed E-state index contributed by atoms with van der Waals surface area (Å²) in [5, 5.41) is 10.0. The molecule has 0 radical (unpaired) electrons. The summed E-state index contributed by atoms with van der Waals surface area (Å²) in [7, 11) is 0. The quantitative estimate of drug-likeness (QED) is 0.740. The van der Waals surface area contributed by atoms with Gasteiger partial charge in [-0.25, -0.2) is 0 Å². The number of hydrogen-bond donors (Lipinski definition) is 2. The first-order valence-corrected chi connectivity index (χ1v) is 7.10. The number of aliphatic hydroxyl groups excluding tert-OH is 1. The Labute approximate surface area is 119 Å². The number of nitrogens with zero attached hydrogens (tertiary/aromatic N) is 1. The molecule has 0 unspecified atom stereocenters. The second kappa shape index (κ2) is 7.26. The number of nitrogens with one attached hydrogen (secondary N) is 1. The summed E-state index contributed by atoms with van der Waals surface area (Å²) in [5.74, 6) is 0.917. The van der Waals surface area contributed by atoms with E-state index in [-0.39, 0.29) is 5.91 Å². The molecule has 1 atom stereocenters. The van der Waals surface area contributed by atoms with Crippen molar-refractivity contribution in [1.82, 2.24) is 4.90 Å². The molecule has 1 aromatic rings. The Morgan fingerprint density at radius 2 is 2.00 bits per heavy atom. The normalized spacial score (nSPS) is 17.8. The molecular weight excluding hydrogens is 256 g/mol. The van der Waals surface area contributed by atoms with Crippen molar-refractivity contribution in [2.24, 2.45) is 0 Å². The van der Waals surface area contributed by atoms with Crippen LogP contribution in [0.1, 0.15) is 6.92 Å². The molecular formula is C15H23N2O3+. The van der Waals surface area contributed by atoms with Crippen LogP contribution >= 0.6 is 0 Å². The summed E-state index contributed by atoms with van der Waals surface area (Å²) >= 11 is 0. The molecule has 5 nitrogen and oxygen atoms in total. The van der Waals surface area contributed by atoms with Crippen LogP contribution in [0.15, 0.2) is 30.3 Å². The van der Waals surface area contributed by atoms with Crippen LogP contribution in [-0.4, -0.2) is 61.3 Å². The Bertz CT molecular complexity index is 416. The first kappa shape index (κ1) is 14.8. The maximum atomic E-state index is 11.2. The molecule has 1 fully saturated rings. The van der Waals surface area contributed by atoms with Crippen molar-refractivity contribution >= 4 is 5.91 Å². The minimum Gasteiger partial charge on any atom is -0.491 e. The van der Waals surface area contributed by atoms with Gasteiger partial charge in [-0.1, -0.05) is 18.2 Å². The average molecular weight is 279 g/mol. The van der Waals surface area contributed by atoms with Crippen molar-refractivity contribution in [1.29, 1.82) is 0 Å². The highest BCUT2D eigenvalue weighted by atomic mass is 16.5. The molecule has 20 heavy (non-hydrogen) atoms. The summed E-state index contributed by atoms with van der Waals surface area (Å²) in [5.41, 5.74) is 0. The number of carbonyl (C=O) groups is 1. The van der Waals surface area contributed by atoms with E-state index in [9.17, 15) is 9.90 Å². The fraction of sp³-hybridized carbons (Fsp3) is 0.533. The van der Waals surface area contributed by atoms with Crippen molar-refractivity contribution < 1.29 is 19.5 Å². The summed E-state index contributed by atoms with van der Waals surface area (Å²) in [4.78, 5) is 14.4. The molecule has 1 aliphatic rings. The molecule has 110 valence electrons. The zero-order chi connectivity index (χ0) is 14.4. The van der Waals surface area contributed by atoms with E-state index in [1.54, 1.807) is 6.92 Å². The van der Waals surface area contributed by atoms with Crippen molar-refractivity contribution in [3.8, 4) is 5.75 Å².